The van der Waals surface area contributed by atoms with Gasteiger partial charge in [0, 0.05) is 54.3 Å². The molecule has 0 bridgehead atoms. The molecule has 0 unspecified atom stereocenters. The molecule has 4 rings (SSSR count). The number of hydrogen-bond donors (Lipinski definition) is 2. The standard InChI is InChI=1S/C21H25N3O3S.CH2O2/c1-14-5-16(6-15(2)22-14)7-19(26)23-8-18-9-24(12-21(18,11-23)13-25)20(27)17-3-4-28-10-17;2-1-3/h3-6,10,18,25H,7-9,11-13H2,1-2H3;1H,(H,2,3)/t18-,21+;/m1./s1. The number of aliphatic hydroxyl groups is 1. The highest BCUT2D eigenvalue weighted by Crippen LogP contribution is 2.42. The maximum atomic E-state index is 12.9. The van der Waals surface area contributed by atoms with Gasteiger partial charge in [0.2, 0.25) is 5.91 Å². The molecule has 2 N–H and O–H groups in total. The third kappa shape index (κ3) is 4.94. The Morgan fingerprint density at radius 1 is 1.23 bits per heavy atom. The zero-order chi connectivity index (χ0) is 22.6. The minimum absolute atomic E-state index is 0.0116. The smallest absolute Gasteiger partial charge is 0.290 e. The first-order valence-corrected chi connectivity index (χ1v) is 11.0. The van der Waals surface area contributed by atoms with Gasteiger partial charge in [-0.3, -0.25) is 19.4 Å². The molecule has 2 atom stereocenters. The van der Waals surface area contributed by atoms with Crippen LogP contribution in [0.4, 0.5) is 0 Å². The predicted octanol–water partition coefficient (Wildman–Crippen LogP) is 1.60. The predicted molar refractivity (Wildman–Crippen MR) is 116 cm³/mol. The molecule has 4 heterocycles. The molecule has 0 spiro atoms. The van der Waals surface area contributed by atoms with Crippen LogP contribution < -0.4 is 0 Å². The Kier molecular flexibility index (Phi) is 7.07. The number of rotatable bonds is 4. The van der Waals surface area contributed by atoms with E-state index in [1.165, 1.54) is 11.3 Å². The van der Waals surface area contributed by atoms with Gasteiger partial charge in [0.1, 0.15) is 0 Å². The number of carbonyl (C=O) groups excluding carboxylic acids is 2. The molecule has 166 valence electrons. The lowest BCUT2D eigenvalue weighted by atomic mass is 9.82. The summed E-state index contributed by atoms with van der Waals surface area (Å²) in [6.45, 7) is 5.79. The van der Waals surface area contributed by atoms with Gasteiger partial charge in [0.05, 0.1) is 18.6 Å². The van der Waals surface area contributed by atoms with E-state index in [1.807, 2.05) is 52.6 Å². The molecule has 2 amide bonds. The molecule has 2 saturated heterocycles. The van der Waals surface area contributed by atoms with Crippen LogP contribution in [-0.2, 0) is 16.0 Å². The van der Waals surface area contributed by atoms with Gasteiger partial charge in [-0.15, -0.1) is 0 Å². The van der Waals surface area contributed by atoms with Gasteiger partial charge in [-0.1, -0.05) is 0 Å². The van der Waals surface area contributed by atoms with E-state index in [4.69, 9.17) is 9.90 Å². The van der Waals surface area contributed by atoms with E-state index in [0.717, 1.165) is 17.0 Å². The van der Waals surface area contributed by atoms with Crippen molar-refractivity contribution in [1.29, 1.82) is 0 Å². The van der Waals surface area contributed by atoms with Crippen molar-refractivity contribution in [1.82, 2.24) is 14.8 Å². The quantitative estimate of drug-likeness (QED) is 0.692. The van der Waals surface area contributed by atoms with Crippen LogP contribution in [-0.4, -0.2) is 76.1 Å². The van der Waals surface area contributed by atoms with Crippen molar-refractivity contribution in [2.45, 2.75) is 20.3 Å². The molecular formula is C22H27N3O5S. The molecule has 0 aromatic carbocycles. The molecule has 0 radical (unpaired) electrons. The van der Waals surface area contributed by atoms with Crippen molar-refractivity contribution in [2.75, 3.05) is 32.8 Å². The Bertz CT molecular complexity index is 928. The van der Waals surface area contributed by atoms with E-state index in [9.17, 15) is 14.7 Å². The summed E-state index contributed by atoms with van der Waals surface area (Å²) in [5.74, 6) is 0.206. The highest BCUT2D eigenvalue weighted by molar-refractivity contribution is 7.08. The zero-order valence-corrected chi connectivity index (χ0v) is 18.5. The number of fused-ring (bicyclic) bond motifs is 1. The average Bonchev–Trinajstić information content (AvgIpc) is 3.42. The van der Waals surface area contributed by atoms with E-state index in [-0.39, 0.29) is 30.8 Å². The largest absolute Gasteiger partial charge is 0.483 e. The van der Waals surface area contributed by atoms with Crippen LogP contribution in [0.25, 0.3) is 0 Å². The summed E-state index contributed by atoms with van der Waals surface area (Å²) in [5, 5.41) is 20.8. The molecule has 2 aromatic rings. The summed E-state index contributed by atoms with van der Waals surface area (Å²) >= 11 is 1.51. The monoisotopic (exact) mass is 445 g/mol. The number of carbonyl (C=O) groups is 3. The second-order valence-electron chi connectivity index (χ2n) is 8.23. The van der Waals surface area contributed by atoms with Crippen LogP contribution in [0, 0.1) is 25.2 Å². The van der Waals surface area contributed by atoms with Crippen LogP contribution in [0.5, 0.6) is 0 Å². The van der Waals surface area contributed by atoms with Crippen LogP contribution in [0.15, 0.2) is 29.0 Å². The molecule has 31 heavy (non-hydrogen) atoms. The van der Waals surface area contributed by atoms with Gasteiger partial charge >= 0.3 is 0 Å². The van der Waals surface area contributed by atoms with E-state index in [2.05, 4.69) is 4.98 Å². The van der Waals surface area contributed by atoms with E-state index < -0.39 is 5.41 Å². The summed E-state index contributed by atoms with van der Waals surface area (Å²) in [6.07, 6.45) is 0.343. The molecule has 2 aromatic heterocycles. The lowest BCUT2D eigenvalue weighted by molar-refractivity contribution is -0.130. The van der Waals surface area contributed by atoms with Crippen LogP contribution in [0.3, 0.4) is 0 Å². The number of pyridine rings is 1. The Morgan fingerprint density at radius 2 is 1.84 bits per heavy atom. The second kappa shape index (κ2) is 9.57. The Labute approximate surface area is 185 Å². The molecule has 2 fully saturated rings. The van der Waals surface area contributed by atoms with Crippen molar-refractivity contribution < 1.29 is 24.6 Å². The molecular weight excluding hydrogens is 418 g/mol. The first-order chi connectivity index (χ1) is 14.8. The van der Waals surface area contributed by atoms with Gasteiger partial charge in [-0.25, -0.2) is 0 Å². The fourth-order valence-corrected chi connectivity index (χ4v) is 5.26. The van der Waals surface area contributed by atoms with Gasteiger partial charge < -0.3 is 20.0 Å². The number of nitrogens with zero attached hydrogens (tertiary/aromatic N) is 3. The van der Waals surface area contributed by atoms with Gasteiger partial charge in [0.25, 0.3) is 12.4 Å². The Hall–Kier alpha value is -2.78. The molecule has 2 aliphatic heterocycles. The second-order valence-corrected chi connectivity index (χ2v) is 9.01. The normalized spacial score (nSPS) is 22.0. The van der Waals surface area contributed by atoms with Crippen LogP contribution >= 0.6 is 11.3 Å². The highest BCUT2D eigenvalue weighted by atomic mass is 32.1. The summed E-state index contributed by atoms with van der Waals surface area (Å²) in [7, 11) is 0. The maximum Gasteiger partial charge on any atom is 0.290 e. The fraction of sp³-hybridized carbons (Fsp3) is 0.455. The Morgan fingerprint density at radius 3 is 2.39 bits per heavy atom. The minimum atomic E-state index is -0.411. The van der Waals surface area contributed by atoms with E-state index in [0.29, 0.717) is 38.2 Å². The maximum absolute atomic E-state index is 12.9. The minimum Gasteiger partial charge on any atom is -0.483 e. The topological polar surface area (TPSA) is 111 Å². The average molecular weight is 446 g/mol. The number of aryl methyl sites for hydroxylation is 2. The fourth-order valence-electron chi connectivity index (χ4n) is 4.63. The summed E-state index contributed by atoms with van der Waals surface area (Å²) < 4.78 is 0. The molecule has 2 aliphatic rings. The van der Waals surface area contributed by atoms with Gasteiger partial charge in [-0.05, 0) is 43.0 Å². The van der Waals surface area contributed by atoms with E-state index in [1.54, 1.807) is 0 Å². The first-order valence-electron chi connectivity index (χ1n) is 10.0. The summed E-state index contributed by atoms with van der Waals surface area (Å²) in [6, 6.07) is 5.73. The van der Waals surface area contributed by atoms with Crippen molar-refractivity contribution in [3.8, 4) is 0 Å². The van der Waals surface area contributed by atoms with Crippen molar-refractivity contribution in [2.24, 2.45) is 11.3 Å². The molecule has 8 nitrogen and oxygen atoms in total. The number of likely N-dealkylation sites (tertiary alicyclic amines) is 2. The van der Waals surface area contributed by atoms with Crippen molar-refractivity contribution in [3.63, 3.8) is 0 Å². The number of thiophene rings is 1. The first kappa shape index (κ1) is 22.9. The third-order valence-corrected chi connectivity index (χ3v) is 6.66. The molecule has 9 heteroatoms. The Balaban J connectivity index is 0.000000858. The number of carboxylic acid groups (broad SMARTS) is 1. The number of hydrogen-bond acceptors (Lipinski definition) is 6. The van der Waals surface area contributed by atoms with Crippen molar-refractivity contribution in [3.05, 3.63) is 51.5 Å². The lowest BCUT2D eigenvalue weighted by Crippen LogP contribution is -2.40. The molecule has 0 saturated carbocycles. The van der Waals surface area contributed by atoms with Crippen molar-refractivity contribution >= 4 is 29.6 Å². The van der Waals surface area contributed by atoms with Gasteiger partial charge in [-0.2, -0.15) is 11.3 Å². The molecule has 0 aliphatic carbocycles. The highest BCUT2D eigenvalue weighted by Gasteiger charge is 2.54. The zero-order valence-electron chi connectivity index (χ0n) is 17.7. The summed E-state index contributed by atoms with van der Waals surface area (Å²) in [5.41, 5.74) is 3.09. The lowest BCUT2D eigenvalue weighted by Gasteiger charge is -2.27. The number of aliphatic hydroxyl groups excluding tert-OH is 1. The SMILES string of the molecule is Cc1cc(CC(=O)N2C[C@@H]3CN(C(=O)c4ccsc4)C[C@]3(CO)C2)cc(C)n1.O=CO. The van der Waals surface area contributed by atoms with Crippen LogP contribution in [0.1, 0.15) is 27.3 Å². The number of aromatic nitrogens is 1. The summed E-state index contributed by atoms with van der Waals surface area (Å²) in [4.78, 5) is 42.0. The van der Waals surface area contributed by atoms with E-state index >= 15 is 0 Å². The van der Waals surface area contributed by atoms with Gasteiger partial charge in [0.15, 0.2) is 0 Å². The third-order valence-electron chi connectivity index (χ3n) is 5.98. The van der Waals surface area contributed by atoms with Crippen LogP contribution in [0.2, 0.25) is 0 Å². The number of amides is 2.